The Labute approximate surface area is 150 Å². The van der Waals surface area contributed by atoms with Crippen molar-refractivity contribution in [3.63, 3.8) is 0 Å². The lowest BCUT2D eigenvalue weighted by Crippen LogP contribution is -2.30. The maximum absolute atomic E-state index is 13.1. The first-order valence-corrected chi connectivity index (χ1v) is 9.80. The van der Waals surface area contributed by atoms with Gasteiger partial charge in [0, 0.05) is 13.1 Å². The van der Waals surface area contributed by atoms with Gasteiger partial charge in [0.25, 0.3) is 10.0 Å². The number of sulfonamides is 1. The van der Waals surface area contributed by atoms with Crippen molar-refractivity contribution in [1.82, 2.24) is 0 Å². The Morgan fingerprint density at radius 2 is 1.58 bits per heavy atom. The van der Waals surface area contributed by atoms with Gasteiger partial charge in [-0.05, 0) is 49.6 Å². The van der Waals surface area contributed by atoms with Crippen LogP contribution in [0.3, 0.4) is 0 Å². The highest BCUT2D eigenvalue weighted by Gasteiger charge is 2.32. The molecule has 2 aromatic carbocycles. The van der Waals surface area contributed by atoms with Gasteiger partial charge < -0.3 is 4.90 Å². The third-order valence-electron chi connectivity index (χ3n) is 4.32. The number of alkyl halides is 3. The van der Waals surface area contributed by atoms with Gasteiger partial charge in [-0.3, -0.25) is 4.72 Å². The second kappa shape index (κ2) is 7.19. The summed E-state index contributed by atoms with van der Waals surface area (Å²) < 4.78 is 66.8. The van der Waals surface area contributed by atoms with Crippen LogP contribution in [-0.4, -0.2) is 21.5 Å². The average molecular weight is 384 g/mol. The molecule has 2 aromatic rings. The summed E-state index contributed by atoms with van der Waals surface area (Å²) in [6.45, 7) is 1.37. The van der Waals surface area contributed by atoms with E-state index in [-0.39, 0.29) is 10.6 Å². The van der Waals surface area contributed by atoms with Crippen LogP contribution in [-0.2, 0) is 16.2 Å². The van der Waals surface area contributed by atoms with E-state index in [4.69, 9.17) is 0 Å². The van der Waals surface area contributed by atoms with Crippen molar-refractivity contribution in [3.8, 4) is 0 Å². The minimum Gasteiger partial charge on any atom is -0.370 e. The second-order valence-corrected chi connectivity index (χ2v) is 7.88. The molecule has 0 aliphatic carbocycles. The van der Waals surface area contributed by atoms with Crippen molar-refractivity contribution in [1.29, 1.82) is 0 Å². The molecule has 0 atom stereocenters. The molecule has 1 heterocycles. The summed E-state index contributed by atoms with van der Waals surface area (Å²) in [6.07, 6.45) is -1.65. The van der Waals surface area contributed by atoms with E-state index >= 15 is 0 Å². The van der Waals surface area contributed by atoms with Gasteiger partial charge in [-0.1, -0.05) is 18.2 Å². The fourth-order valence-electron chi connectivity index (χ4n) is 3.01. The highest BCUT2D eigenvalue weighted by Crippen LogP contribution is 2.37. The van der Waals surface area contributed by atoms with E-state index in [0.717, 1.165) is 31.4 Å². The molecule has 0 aromatic heterocycles. The zero-order chi connectivity index (χ0) is 18.8. The molecule has 26 heavy (non-hydrogen) atoms. The quantitative estimate of drug-likeness (QED) is 0.845. The summed E-state index contributed by atoms with van der Waals surface area (Å²) in [5.74, 6) is 0. The number of hydrogen-bond acceptors (Lipinski definition) is 3. The smallest absolute Gasteiger partial charge is 0.370 e. The Bertz CT molecular complexity index is 862. The van der Waals surface area contributed by atoms with Crippen LogP contribution >= 0.6 is 0 Å². The van der Waals surface area contributed by atoms with Crippen LogP contribution in [0.1, 0.15) is 24.8 Å². The molecule has 0 unspecified atom stereocenters. The van der Waals surface area contributed by atoms with Gasteiger partial charge in [0.2, 0.25) is 0 Å². The van der Waals surface area contributed by atoms with Crippen LogP contribution in [0.2, 0.25) is 0 Å². The van der Waals surface area contributed by atoms with Gasteiger partial charge in [0.15, 0.2) is 0 Å². The number of piperidine rings is 1. The molecule has 3 rings (SSSR count). The molecule has 1 fully saturated rings. The van der Waals surface area contributed by atoms with Crippen LogP contribution < -0.4 is 9.62 Å². The van der Waals surface area contributed by atoms with Crippen molar-refractivity contribution >= 4 is 21.4 Å². The third kappa shape index (κ3) is 4.12. The summed E-state index contributed by atoms with van der Waals surface area (Å²) in [6, 6.07) is 10.8. The molecular formula is C18H19F3N2O2S. The molecule has 0 spiro atoms. The maximum Gasteiger partial charge on any atom is 0.416 e. The Hall–Kier alpha value is -2.22. The Morgan fingerprint density at radius 1 is 0.923 bits per heavy atom. The fraction of sp³-hybridized carbons (Fsp3) is 0.333. The van der Waals surface area contributed by atoms with E-state index < -0.39 is 21.8 Å². The lowest BCUT2D eigenvalue weighted by molar-refractivity contribution is -0.137. The van der Waals surface area contributed by atoms with Gasteiger partial charge in [-0.25, -0.2) is 8.42 Å². The molecule has 0 radical (unpaired) electrons. The third-order valence-corrected chi connectivity index (χ3v) is 5.70. The number of rotatable bonds is 4. The van der Waals surface area contributed by atoms with Crippen molar-refractivity contribution in [2.75, 3.05) is 22.7 Å². The Morgan fingerprint density at radius 3 is 2.19 bits per heavy atom. The van der Waals surface area contributed by atoms with Crippen molar-refractivity contribution in [2.24, 2.45) is 0 Å². The zero-order valence-electron chi connectivity index (χ0n) is 14.0. The highest BCUT2D eigenvalue weighted by molar-refractivity contribution is 7.92. The predicted octanol–water partition coefficient (Wildman–Crippen LogP) is 4.50. The number of halogens is 3. The number of hydrogen-bond donors (Lipinski definition) is 1. The van der Waals surface area contributed by atoms with Crippen LogP contribution in [0.25, 0.3) is 0 Å². The molecule has 8 heteroatoms. The molecule has 1 aliphatic rings. The SMILES string of the molecule is O=S(=O)(Nc1cc(C(F)(F)F)ccc1N1CCCCC1)c1ccccc1. The topological polar surface area (TPSA) is 49.4 Å². The minimum absolute atomic E-state index is 0.00186. The van der Waals surface area contributed by atoms with Crippen molar-refractivity contribution < 1.29 is 21.6 Å². The standard InChI is InChI=1S/C18H19F3N2O2S/c19-18(20,21)14-9-10-17(23-11-5-2-6-12-23)16(13-14)22-26(24,25)15-7-3-1-4-8-15/h1,3-4,7-10,13,22H,2,5-6,11-12H2. The van der Waals surface area contributed by atoms with Gasteiger partial charge in [0.05, 0.1) is 21.8 Å². The number of anilines is 2. The van der Waals surface area contributed by atoms with Crippen molar-refractivity contribution in [2.45, 2.75) is 30.3 Å². The molecule has 0 saturated carbocycles. The number of nitrogens with one attached hydrogen (secondary N) is 1. The molecular weight excluding hydrogens is 365 g/mol. The monoisotopic (exact) mass is 384 g/mol. The van der Waals surface area contributed by atoms with Gasteiger partial charge in [-0.2, -0.15) is 13.2 Å². The molecule has 1 aliphatic heterocycles. The van der Waals surface area contributed by atoms with Crippen LogP contribution in [0.4, 0.5) is 24.5 Å². The molecule has 0 bridgehead atoms. The largest absolute Gasteiger partial charge is 0.416 e. The summed E-state index contributed by atoms with van der Waals surface area (Å²) in [4.78, 5) is 1.92. The zero-order valence-corrected chi connectivity index (χ0v) is 14.8. The minimum atomic E-state index is -4.55. The normalized spacial score (nSPS) is 15.7. The first-order chi connectivity index (χ1) is 12.3. The number of benzene rings is 2. The molecule has 4 nitrogen and oxygen atoms in total. The lowest BCUT2D eigenvalue weighted by atomic mass is 10.1. The molecule has 0 amide bonds. The number of nitrogens with zero attached hydrogens (tertiary/aromatic N) is 1. The van der Waals surface area contributed by atoms with E-state index in [1.807, 2.05) is 4.90 Å². The Balaban J connectivity index is 2.02. The first-order valence-electron chi connectivity index (χ1n) is 8.31. The van der Waals surface area contributed by atoms with Gasteiger partial charge >= 0.3 is 6.18 Å². The van der Waals surface area contributed by atoms with Crippen LogP contribution in [0, 0.1) is 0 Å². The van der Waals surface area contributed by atoms with Crippen LogP contribution in [0.5, 0.6) is 0 Å². The molecule has 140 valence electrons. The molecule has 1 saturated heterocycles. The van der Waals surface area contributed by atoms with E-state index in [1.54, 1.807) is 18.2 Å². The fourth-order valence-corrected chi connectivity index (χ4v) is 4.09. The van der Waals surface area contributed by atoms with Crippen molar-refractivity contribution in [3.05, 3.63) is 54.1 Å². The summed E-state index contributed by atoms with van der Waals surface area (Å²) in [7, 11) is -3.98. The van der Waals surface area contributed by atoms with E-state index in [2.05, 4.69) is 4.72 Å². The summed E-state index contributed by atoms with van der Waals surface area (Å²) in [5, 5.41) is 0. The molecule has 1 N–H and O–H groups in total. The van der Waals surface area contributed by atoms with Gasteiger partial charge in [0.1, 0.15) is 0 Å². The van der Waals surface area contributed by atoms with E-state index in [9.17, 15) is 21.6 Å². The van der Waals surface area contributed by atoms with E-state index in [0.29, 0.717) is 18.8 Å². The first kappa shape index (κ1) is 18.6. The Kier molecular flexibility index (Phi) is 5.13. The average Bonchev–Trinajstić information content (AvgIpc) is 2.62. The lowest BCUT2D eigenvalue weighted by Gasteiger charge is -2.31. The summed E-state index contributed by atoms with van der Waals surface area (Å²) in [5.41, 5.74) is -0.466. The highest BCUT2D eigenvalue weighted by atomic mass is 32.2. The maximum atomic E-state index is 13.1. The summed E-state index contributed by atoms with van der Waals surface area (Å²) >= 11 is 0. The predicted molar refractivity (Wildman–Crippen MR) is 94.8 cm³/mol. The van der Waals surface area contributed by atoms with Gasteiger partial charge in [-0.15, -0.1) is 0 Å². The van der Waals surface area contributed by atoms with E-state index in [1.165, 1.54) is 18.2 Å². The van der Waals surface area contributed by atoms with Crippen LogP contribution in [0.15, 0.2) is 53.4 Å². The second-order valence-electron chi connectivity index (χ2n) is 6.20.